The summed E-state index contributed by atoms with van der Waals surface area (Å²) in [5, 5.41) is 26.7. The third kappa shape index (κ3) is 10.6. The van der Waals surface area contributed by atoms with Gasteiger partial charge in [-0.2, -0.15) is 0 Å². The Morgan fingerprint density at radius 1 is 0.150 bits per heavy atom. The molecule has 0 unspecified atom stereocenters. The van der Waals surface area contributed by atoms with Crippen LogP contribution in [0.15, 0.2) is 413 Å². The molecule has 0 saturated heterocycles. The minimum absolute atomic E-state index is 0.705. The van der Waals surface area contributed by atoms with E-state index in [2.05, 4.69) is 419 Å². The maximum Gasteiger partial charge on any atom is 0.160 e. The van der Waals surface area contributed by atoms with Gasteiger partial charge in [0.2, 0.25) is 0 Å². The van der Waals surface area contributed by atoms with Crippen LogP contribution in [0.4, 0.5) is 0 Å². The Hall–Kier alpha value is -16.2. The Morgan fingerprint density at radius 2 is 0.483 bits per heavy atom. The van der Waals surface area contributed by atoms with E-state index in [1.807, 2.05) is 12.1 Å². The number of para-hydroxylation sites is 4. The molecular formula is C112H68N8. The molecule has 8 heteroatoms. The van der Waals surface area contributed by atoms with Crippen molar-refractivity contribution in [2.24, 2.45) is 0 Å². The topological polar surface area (TPSA) is 71.3 Å². The standard InChI is InChI=1S/C60H36N4.C52H32N4/c1-2-13-39-31-44(23-21-37(39)11-1)59-49-17-7-9-19-53(49)61-60(62-59)45-24-22-43-33-46(27-25-42(43)32-45)64-55-30-28-47(36-52(55)51-34-40-14-3-4-15-41(40)35-57(51)64)63-54-20-10-8-18-50(54)58-48-16-6-5-12-38(48)26-29-56(58)63;1-2-14-34(15-3-1)51-41-21-8-10-23-45(41)53-52(54-51)37-18-12-19-38(29-37)56-47-28-26-39(32-44(47)43-30-35-16-4-5-17-36(35)31-49(43)56)55-46-24-11-9-22-42(46)50-40-20-7-6-13-33(40)25-27-48(50)55/h1-36H;1-32H. The Balaban J connectivity index is 0.000000134. The molecule has 0 aliphatic carbocycles. The predicted octanol–water partition coefficient (Wildman–Crippen LogP) is 29.2. The molecule has 6 heterocycles. The van der Waals surface area contributed by atoms with Gasteiger partial charge in [0.1, 0.15) is 0 Å². The van der Waals surface area contributed by atoms with Gasteiger partial charge in [-0.1, -0.05) is 279 Å². The van der Waals surface area contributed by atoms with Crippen LogP contribution in [0.5, 0.6) is 0 Å². The highest BCUT2D eigenvalue weighted by atomic mass is 15.0. The normalized spacial score (nSPS) is 12.0. The molecule has 0 atom stereocenters. The van der Waals surface area contributed by atoms with Gasteiger partial charge >= 0.3 is 0 Å². The average Bonchev–Trinajstić information content (AvgIpc) is 1.61. The van der Waals surface area contributed by atoms with Gasteiger partial charge in [-0.05, 0) is 198 Å². The molecule has 6 aromatic heterocycles. The first-order valence-corrected chi connectivity index (χ1v) is 41.0. The summed E-state index contributed by atoms with van der Waals surface area (Å²) in [4.78, 5) is 20.7. The lowest BCUT2D eigenvalue weighted by molar-refractivity contribution is 1.16. The fourth-order valence-electron chi connectivity index (χ4n) is 19.3. The molecule has 26 aromatic rings. The maximum absolute atomic E-state index is 5.26. The molecule has 120 heavy (non-hydrogen) atoms. The fourth-order valence-corrected chi connectivity index (χ4v) is 19.3. The molecule has 26 rings (SSSR count). The van der Waals surface area contributed by atoms with Gasteiger partial charge in [-0.3, -0.25) is 0 Å². The van der Waals surface area contributed by atoms with Gasteiger partial charge in [0.05, 0.1) is 66.6 Å². The van der Waals surface area contributed by atoms with Crippen LogP contribution in [-0.2, 0) is 0 Å². The van der Waals surface area contributed by atoms with E-state index in [0.717, 1.165) is 100 Å². The summed E-state index contributed by atoms with van der Waals surface area (Å²) >= 11 is 0. The smallest absolute Gasteiger partial charge is 0.160 e. The third-order valence-corrected chi connectivity index (χ3v) is 24.9. The second-order valence-corrected chi connectivity index (χ2v) is 31.6. The minimum atomic E-state index is 0.705. The summed E-state index contributed by atoms with van der Waals surface area (Å²) in [7, 11) is 0. The van der Waals surface area contributed by atoms with Crippen LogP contribution < -0.4 is 0 Å². The van der Waals surface area contributed by atoms with Crippen molar-refractivity contribution in [3.05, 3.63) is 413 Å². The van der Waals surface area contributed by atoms with E-state index in [1.165, 1.54) is 130 Å². The number of aromatic nitrogens is 8. The summed E-state index contributed by atoms with van der Waals surface area (Å²) in [6.45, 7) is 0. The van der Waals surface area contributed by atoms with E-state index in [4.69, 9.17) is 19.9 Å². The van der Waals surface area contributed by atoms with Gasteiger partial charge < -0.3 is 18.3 Å². The largest absolute Gasteiger partial charge is 0.309 e. The van der Waals surface area contributed by atoms with Crippen LogP contribution in [0.2, 0.25) is 0 Å². The SMILES string of the molecule is c1ccc(-c2nc(-c3cccc(-n4c5ccc(-n6c7ccccc7c7c8ccccc8ccc76)cc5c5cc6ccccc6cc54)c3)nc3ccccc23)cc1.c1ccc2cc(-c3nc(-c4ccc5cc(-n6c7ccc(-n8c9ccccc9c9c%10ccccc%10ccc98)cc7c7cc8ccccc8cc76)ccc5c4)nc4ccccc34)ccc2c1. The van der Waals surface area contributed by atoms with Gasteiger partial charge in [-0.15, -0.1) is 0 Å². The van der Waals surface area contributed by atoms with Crippen molar-refractivity contribution in [2.45, 2.75) is 0 Å². The third-order valence-electron chi connectivity index (χ3n) is 24.9. The fraction of sp³-hybridized carbons (Fsp3) is 0. The number of nitrogens with zero attached hydrogens (tertiary/aromatic N) is 8. The molecule has 0 aliphatic heterocycles. The van der Waals surface area contributed by atoms with Crippen molar-refractivity contribution in [3.63, 3.8) is 0 Å². The number of rotatable bonds is 8. The van der Waals surface area contributed by atoms with Gasteiger partial charge in [0.25, 0.3) is 0 Å². The summed E-state index contributed by atoms with van der Waals surface area (Å²) in [5.74, 6) is 1.42. The highest BCUT2D eigenvalue weighted by Gasteiger charge is 2.24. The van der Waals surface area contributed by atoms with Crippen LogP contribution in [0.1, 0.15) is 0 Å². The number of hydrogen-bond acceptors (Lipinski definition) is 4. The Bertz CT molecular complexity index is 8820. The van der Waals surface area contributed by atoms with Crippen LogP contribution in [0.3, 0.4) is 0 Å². The van der Waals surface area contributed by atoms with Crippen molar-refractivity contribution in [3.8, 4) is 68.0 Å². The Labute approximate surface area is 687 Å². The first-order valence-electron chi connectivity index (χ1n) is 41.0. The van der Waals surface area contributed by atoms with E-state index >= 15 is 0 Å². The molecule has 20 aromatic carbocycles. The van der Waals surface area contributed by atoms with E-state index in [0.29, 0.717) is 11.6 Å². The highest BCUT2D eigenvalue weighted by molar-refractivity contribution is 6.24. The first-order chi connectivity index (χ1) is 59.5. The van der Waals surface area contributed by atoms with Gasteiger partial charge in [-0.25, -0.2) is 19.9 Å². The molecular weight excluding hydrogens is 1460 g/mol. The molecule has 0 spiro atoms. The Morgan fingerprint density at radius 3 is 1.04 bits per heavy atom. The highest BCUT2D eigenvalue weighted by Crippen LogP contribution is 2.45. The molecule has 0 bridgehead atoms. The van der Waals surface area contributed by atoms with E-state index in [-0.39, 0.29) is 0 Å². The second kappa shape index (κ2) is 26.7. The molecule has 556 valence electrons. The van der Waals surface area contributed by atoms with Crippen molar-refractivity contribution >= 4 is 174 Å². The maximum atomic E-state index is 5.26. The summed E-state index contributed by atoms with van der Waals surface area (Å²) in [5.41, 5.74) is 21.8. The number of hydrogen-bond donors (Lipinski definition) is 0. The van der Waals surface area contributed by atoms with Crippen molar-refractivity contribution < 1.29 is 0 Å². The molecule has 0 N–H and O–H groups in total. The quantitative estimate of drug-likeness (QED) is 0.152. The number of fused-ring (bicyclic) bond motifs is 22. The monoisotopic (exact) mass is 1520 g/mol. The van der Waals surface area contributed by atoms with Crippen LogP contribution >= 0.6 is 0 Å². The predicted molar refractivity (Wildman–Crippen MR) is 503 cm³/mol. The molecule has 0 radical (unpaired) electrons. The first kappa shape index (κ1) is 67.2. The lowest BCUT2D eigenvalue weighted by Crippen LogP contribution is -1.98. The average molecular weight is 1530 g/mol. The van der Waals surface area contributed by atoms with Gasteiger partial charge in [0.15, 0.2) is 11.6 Å². The lowest BCUT2D eigenvalue weighted by atomic mass is 10.0. The van der Waals surface area contributed by atoms with Crippen LogP contribution in [-0.4, -0.2) is 38.2 Å². The molecule has 0 fully saturated rings. The minimum Gasteiger partial charge on any atom is -0.309 e. The van der Waals surface area contributed by atoms with Crippen molar-refractivity contribution in [1.82, 2.24) is 38.2 Å². The van der Waals surface area contributed by atoms with Crippen molar-refractivity contribution in [2.75, 3.05) is 0 Å². The van der Waals surface area contributed by atoms with Gasteiger partial charge in [0, 0.05) is 98.9 Å². The summed E-state index contributed by atoms with van der Waals surface area (Å²) < 4.78 is 9.72. The van der Waals surface area contributed by atoms with Crippen LogP contribution in [0.25, 0.3) is 242 Å². The second-order valence-electron chi connectivity index (χ2n) is 31.6. The van der Waals surface area contributed by atoms with E-state index in [1.54, 1.807) is 0 Å². The lowest BCUT2D eigenvalue weighted by Gasteiger charge is -2.13. The Kier molecular flexibility index (Phi) is 15.0. The zero-order valence-corrected chi connectivity index (χ0v) is 64.8. The molecule has 8 nitrogen and oxygen atoms in total. The molecule has 0 saturated carbocycles. The van der Waals surface area contributed by atoms with Crippen LogP contribution in [0, 0.1) is 0 Å². The number of benzene rings is 20. The molecule has 0 aliphatic rings. The summed E-state index contributed by atoms with van der Waals surface area (Å²) in [6, 6.07) is 149. The summed E-state index contributed by atoms with van der Waals surface area (Å²) in [6.07, 6.45) is 0. The zero-order chi connectivity index (χ0) is 78.6. The van der Waals surface area contributed by atoms with E-state index < -0.39 is 0 Å². The zero-order valence-electron chi connectivity index (χ0n) is 64.8. The van der Waals surface area contributed by atoms with Crippen molar-refractivity contribution in [1.29, 1.82) is 0 Å². The van der Waals surface area contributed by atoms with E-state index in [9.17, 15) is 0 Å². The molecule has 0 amide bonds.